The second-order valence-corrected chi connectivity index (χ2v) is 8.51. The Balaban J connectivity index is 1.70. The summed E-state index contributed by atoms with van der Waals surface area (Å²) in [4.78, 5) is 12.3. The zero-order valence-electron chi connectivity index (χ0n) is 15.1. The zero-order valence-corrected chi connectivity index (χ0v) is 17.4. The summed E-state index contributed by atoms with van der Waals surface area (Å²) < 4.78 is 34.1. The van der Waals surface area contributed by atoms with Gasteiger partial charge >= 0.3 is 0 Å². The molecule has 0 unspecified atom stereocenters. The van der Waals surface area contributed by atoms with Gasteiger partial charge in [0.2, 0.25) is 10.0 Å². The van der Waals surface area contributed by atoms with Gasteiger partial charge in [0.25, 0.3) is 5.91 Å². The molecule has 3 rings (SSSR count). The minimum Gasteiger partial charge on any atom is -0.484 e. The van der Waals surface area contributed by atoms with Crippen LogP contribution >= 0.6 is 23.2 Å². The number of carbonyl (C=O) groups excluding carboxylic acids is 1. The van der Waals surface area contributed by atoms with Crippen molar-refractivity contribution in [3.63, 3.8) is 0 Å². The third-order valence-electron chi connectivity index (χ3n) is 3.94. The summed E-state index contributed by atoms with van der Waals surface area (Å²) in [5.74, 6) is 0.312. The van der Waals surface area contributed by atoms with Crippen molar-refractivity contribution in [3.8, 4) is 5.75 Å². The molecule has 152 valence electrons. The summed E-state index contributed by atoms with van der Waals surface area (Å²) >= 11 is 11.9. The van der Waals surface area contributed by atoms with Gasteiger partial charge < -0.3 is 14.5 Å². The van der Waals surface area contributed by atoms with Crippen LogP contribution in [0.3, 0.4) is 0 Å². The Kier molecular flexibility index (Phi) is 6.18. The van der Waals surface area contributed by atoms with E-state index in [1.54, 1.807) is 37.3 Å². The standard InChI is InChI=1S/C19H16Cl2N2O5S/c1-11-2-5-14(29(22,25)26)9-16(11)23-19(24)18-7-4-13(28-18)10-27-17-6-3-12(20)8-15(17)21/h2-9H,10H2,1H3,(H,23,24)(H2,22,25,26). The first kappa shape index (κ1) is 21.2. The summed E-state index contributed by atoms with van der Waals surface area (Å²) in [6, 6.07) is 12.1. The molecular formula is C19H16Cl2N2O5S. The fraction of sp³-hybridized carbons (Fsp3) is 0.105. The van der Waals surface area contributed by atoms with Crippen LogP contribution in [-0.4, -0.2) is 14.3 Å². The Morgan fingerprint density at radius 2 is 1.90 bits per heavy atom. The third-order valence-corrected chi connectivity index (χ3v) is 5.38. The number of hydrogen-bond acceptors (Lipinski definition) is 5. The lowest BCUT2D eigenvalue weighted by molar-refractivity contribution is 0.0992. The normalized spacial score (nSPS) is 11.3. The molecule has 29 heavy (non-hydrogen) atoms. The maximum atomic E-state index is 12.4. The van der Waals surface area contributed by atoms with Crippen molar-refractivity contribution < 1.29 is 22.4 Å². The van der Waals surface area contributed by atoms with E-state index in [4.69, 9.17) is 37.5 Å². The van der Waals surface area contributed by atoms with Crippen molar-refractivity contribution >= 4 is 44.8 Å². The van der Waals surface area contributed by atoms with Gasteiger partial charge in [0.05, 0.1) is 9.92 Å². The highest BCUT2D eigenvalue weighted by atomic mass is 35.5. The largest absolute Gasteiger partial charge is 0.484 e. The first-order valence-corrected chi connectivity index (χ1v) is 10.5. The number of carbonyl (C=O) groups is 1. The van der Waals surface area contributed by atoms with Gasteiger partial charge in [-0.2, -0.15) is 0 Å². The Labute approximate surface area is 177 Å². The summed E-state index contributed by atoms with van der Waals surface area (Å²) in [6.45, 7) is 1.77. The van der Waals surface area contributed by atoms with Crippen LogP contribution in [0.25, 0.3) is 0 Å². The molecule has 7 nitrogen and oxygen atoms in total. The number of rotatable bonds is 6. The van der Waals surface area contributed by atoms with E-state index in [1.165, 1.54) is 18.2 Å². The number of furan rings is 1. The zero-order chi connectivity index (χ0) is 21.2. The number of amides is 1. The quantitative estimate of drug-likeness (QED) is 0.573. The van der Waals surface area contributed by atoms with E-state index in [-0.39, 0.29) is 17.3 Å². The van der Waals surface area contributed by atoms with E-state index in [9.17, 15) is 13.2 Å². The van der Waals surface area contributed by atoms with Crippen LogP contribution in [0.2, 0.25) is 10.0 Å². The molecule has 0 radical (unpaired) electrons. The Bertz CT molecular complexity index is 1180. The number of halogens is 2. The van der Waals surface area contributed by atoms with Gasteiger partial charge in [-0.25, -0.2) is 13.6 Å². The number of hydrogen-bond donors (Lipinski definition) is 2. The van der Waals surface area contributed by atoms with Crippen molar-refractivity contribution in [2.45, 2.75) is 18.4 Å². The molecule has 0 saturated heterocycles. The second-order valence-electron chi connectivity index (χ2n) is 6.11. The molecule has 0 aliphatic rings. The first-order chi connectivity index (χ1) is 13.6. The number of nitrogens with one attached hydrogen (secondary N) is 1. The van der Waals surface area contributed by atoms with E-state index in [2.05, 4.69) is 5.32 Å². The minimum absolute atomic E-state index is 0.0335. The van der Waals surface area contributed by atoms with E-state index in [0.717, 1.165) is 0 Å². The van der Waals surface area contributed by atoms with Crippen LogP contribution in [-0.2, 0) is 16.6 Å². The van der Waals surface area contributed by atoms with Crippen LogP contribution in [0.1, 0.15) is 21.9 Å². The van der Waals surface area contributed by atoms with Gasteiger partial charge in [-0.15, -0.1) is 0 Å². The molecule has 0 atom stereocenters. The molecular weight excluding hydrogens is 439 g/mol. The molecule has 1 heterocycles. The Morgan fingerprint density at radius 3 is 2.59 bits per heavy atom. The second kappa shape index (κ2) is 8.46. The summed E-state index contributed by atoms with van der Waals surface area (Å²) in [7, 11) is -3.89. The van der Waals surface area contributed by atoms with Crippen LogP contribution in [0.4, 0.5) is 5.69 Å². The van der Waals surface area contributed by atoms with Gasteiger partial charge in [0, 0.05) is 10.7 Å². The number of ether oxygens (including phenoxy) is 1. The maximum Gasteiger partial charge on any atom is 0.291 e. The van der Waals surface area contributed by atoms with Crippen molar-refractivity contribution in [2.24, 2.45) is 5.14 Å². The van der Waals surface area contributed by atoms with Crippen LogP contribution < -0.4 is 15.2 Å². The summed E-state index contributed by atoms with van der Waals surface area (Å²) in [5.41, 5.74) is 0.974. The molecule has 0 aliphatic carbocycles. The monoisotopic (exact) mass is 454 g/mol. The molecule has 0 aliphatic heterocycles. The topological polar surface area (TPSA) is 112 Å². The summed E-state index contributed by atoms with van der Waals surface area (Å²) in [5, 5.41) is 8.58. The molecule has 10 heteroatoms. The van der Waals surface area contributed by atoms with E-state index < -0.39 is 15.9 Å². The molecule has 0 spiro atoms. The Hall–Kier alpha value is -2.52. The van der Waals surface area contributed by atoms with Gasteiger partial charge in [0.1, 0.15) is 18.1 Å². The molecule has 1 aromatic heterocycles. The van der Waals surface area contributed by atoms with Crippen LogP contribution in [0.15, 0.2) is 57.8 Å². The SMILES string of the molecule is Cc1ccc(S(N)(=O)=O)cc1NC(=O)c1ccc(COc2ccc(Cl)cc2Cl)o1. The number of anilines is 1. The van der Waals surface area contributed by atoms with E-state index in [1.807, 2.05) is 0 Å². The fourth-order valence-corrected chi connectivity index (χ4v) is 3.42. The van der Waals surface area contributed by atoms with Gasteiger partial charge in [-0.05, 0) is 55.0 Å². The van der Waals surface area contributed by atoms with Crippen LogP contribution in [0, 0.1) is 6.92 Å². The number of aryl methyl sites for hydroxylation is 1. The van der Waals surface area contributed by atoms with E-state index >= 15 is 0 Å². The minimum atomic E-state index is -3.89. The molecule has 0 bridgehead atoms. The van der Waals surface area contributed by atoms with Gasteiger partial charge in [-0.3, -0.25) is 4.79 Å². The molecule has 3 N–H and O–H groups in total. The van der Waals surface area contributed by atoms with E-state index in [0.29, 0.717) is 32.8 Å². The predicted molar refractivity (Wildman–Crippen MR) is 110 cm³/mol. The van der Waals surface area contributed by atoms with Crippen molar-refractivity contribution in [3.05, 3.63) is 75.7 Å². The van der Waals surface area contributed by atoms with Gasteiger partial charge in [0.15, 0.2) is 5.76 Å². The Morgan fingerprint density at radius 1 is 1.14 bits per heavy atom. The van der Waals surface area contributed by atoms with Crippen molar-refractivity contribution in [1.29, 1.82) is 0 Å². The lowest BCUT2D eigenvalue weighted by atomic mass is 10.2. The van der Waals surface area contributed by atoms with Crippen molar-refractivity contribution in [1.82, 2.24) is 0 Å². The third kappa shape index (κ3) is 5.30. The summed E-state index contributed by atoms with van der Waals surface area (Å²) in [6.07, 6.45) is 0. The first-order valence-electron chi connectivity index (χ1n) is 8.25. The average Bonchev–Trinajstić information content (AvgIpc) is 3.11. The highest BCUT2D eigenvalue weighted by Crippen LogP contribution is 2.28. The lowest BCUT2D eigenvalue weighted by Crippen LogP contribution is -2.15. The number of sulfonamides is 1. The number of primary sulfonamides is 1. The lowest BCUT2D eigenvalue weighted by Gasteiger charge is -2.09. The maximum absolute atomic E-state index is 12.4. The highest BCUT2D eigenvalue weighted by Gasteiger charge is 2.16. The number of benzene rings is 2. The number of nitrogens with two attached hydrogens (primary N) is 1. The molecule has 2 aromatic carbocycles. The van der Waals surface area contributed by atoms with Crippen molar-refractivity contribution in [2.75, 3.05) is 5.32 Å². The molecule has 0 saturated carbocycles. The molecule has 3 aromatic rings. The van der Waals surface area contributed by atoms with Crippen LogP contribution in [0.5, 0.6) is 5.75 Å². The highest BCUT2D eigenvalue weighted by molar-refractivity contribution is 7.89. The average molecular weight is 455 g/mol. The van der Waals surface area contributed by atoms with Gasteiger partial charge in [-0.1, -0.05) is 29.3 Å². The predicted octanol–water partition coefficient (Wildman–Crippen LogP) is 4.37. The fourth-order valence-electron chi connectivity index (χ4n) is 2.42. The molecule has 0 fully saturated rings. The molecule has 1 amide bonds. The smallest absolute Gasteiger partial charge is 0.291 e.